The highest BCUT2D eigenvalue weighted by atomic mass is 19.2. The van der Waals surface area contributed by atoms with Crippen LogP contribution in [0, 0.1) is 17.0 Å². The Morgan fingerprint density at radius 3 is 2.44 bits per heavy atom. The molecule has 0 radical (unpaired) electrons. The van der Waals surface area contributed by atoms with Gasteiger partial charge in [0, 0.05) is 0 Å². The number of hydrogen-bond acceptors (Lipinski definition) is 1. The van der Waals surface area contributed by atoms with E-state index in [1.165, 1.54) is 12.1 Å². The Labute approximate surface area is 95.9 Å². The summed E-state index contributed by atoms with van der Waals surface area (Å²) in [7, 11) is 1.91. The van der Waals surface area contributed by atoms with Crippen LogP contribution in [0.5, 0.6) is 0 Å². The zero-order valence-corrected chi connectivity index (χ0v) is 10.1. The van der Waals surface area contributed by atoms with Crippen molar-refractivity contribution in [2.45, 2.75) is 26.7 Å². The normalized spacial score (nSPS) is 11.8. The van der Waals surface area contributed by atoms with Crippen molar-refractivity contribution in [1.29, 1.82) is 0 Å². The quantitative estimate of drug-likeness (QED) is 0.814. The van der Waals surface area contributed by atoms with Gasteiger partial charge in [-0.2, -0.15) is 0 Å². The van der Waals surface area contributed by atoms with Crippen LogP contribution in [0.15, 0.2) is 18.2 Å². The van der Waals surface area contributed by atoms with E-state index in [-0.39, 0.29) is 5.41 Å². The SMILES string of the molecule is CNCCC(C)(C)Cc1ccc(F)c(F)c1. The number of benzene rings is 1. The van der Waals surface area contributed by atoms with Crippen LogP contribution >= 0.6 is 0 Å². The molecule has 0 aromatic heterocycles. The average Bonchev–Trinajstić information content (AvgIpc) is 2.20. The molecule has 0 unspecified atom stereocenters. The van der Waals surface area contributed by atoms with Crippen molar-refractivity contribution in [3.8, 4) is 0 Å². The summed E-state index contributed by atoms with van der Waals surface area (Å²) in [6, 6.07) is 4.13. The molecule has 0 saturated carbocycles. The molecular formula is C13H19F2N. The molecule has 0 fully saturated rings. The van der Waals surface area contributed by atoms with Gasteiger partial charge in [0.2, 0.25) is 0 Å². The largest absolute Gasteiger partial charge is 0.320 e. The topological polar surface area (TPSA) is 12.0 Å². The van der Waals surface area contributed by atoms with Crippen molar-refractivity contribution in [2.24, 2.45) is 5.41 Å². The van der Waals surface area contributed by atoms with Crippen LogP contribution in [-0.2, 0) is 6.42 Å². The van der Waals surface area contributed by atoms with Gasteiger partial charge in [-0.05, 0) is 49.5 Å². The number of hydrogen-bond donors (Lipinski definition) is 1. The van der Waals surface area contributed by atoms with Crippen LogP contribution in [0.4, 0.5) is 8.78 Å². The fraction of sp³-hybridized carbons (Fsp3) is 0.538. The summed E-state index contributed by atoms with van der Waals surface area (Å²) in [6.07, 6.45) is 1.76. The van der Waals surface area contributed by atoms with Crippen molar-refractivity contribution in [3.63, 3.8) is 0 Å². The molecule has 16 heavy (non-hydrogen) atoms. The third kappa shape index (κ3) is 3.89. The van der Waals surface area contributed by atoms with Crippen LogP contribution in [0.25, 0.3) is 0 Å². The summed E-state index contributed by atoms with van der Waals surface area (Å²) < 4.78 is 25.8. The van der Waals surface area contributed by atoms with Gasteiger partial charge in [0.1, 0.15) is 0 Å². The molecule has 3 heteroatoms. The summed E-state index contributed by atoms with van der Waals surface area (Å²) in [5.74, 6) is -1.54. The monoisotopic (exact) mass is 227 g/mol. The lowest BCUT2D eigenvalue weighted by atomic mass is 9.82. The molecule has 1 aromatic carbocycles. The van der Waals surface area contributed by atoms with E-state index in [9.17, 15) is 8.78 Å². The van der Waals surface area contributed by atoms with E-state index < -0.39 is 11.6 Å². The third-order valence-corrected chi connectivity index (χ3v) is 2.72. The van der Waals surface area contributed by atoms with E-state index >= 15 is 0 Å². The Morgan fingerprint density at radius 2 is 1.88 bits per heavy atom. The summed E-state index contributed by atoms with van der Waals surface area (Å²) in [5.41, 5.74) is 0.938. The fourth-order valence-corrected chi connectivity index (χ4v) is 1.75. The summed E-state index contributed by atoms with van der Waals surface area (Å²) >= 11 is 0. The van der Waals surface area contributed by atoms with Crippen molar-refractivity contribution in [2.75, 3.05) is 13.6 Å². The second kappa shape index (κ2) is 5.39. The van der Waals surface area contributed by atoms with Crippen LogP contribution in [0.1, 0.15) is 25.8 Å². The van der Waals surface area contributed by atoms with Gasteiger partial charge < -0.3 is 5.32 Å². The molecule has 1 nitrogen and oxygen atoms in total. The minimum Gasteiger partial charge on any atom is -0.320 e. The Morgan fingerprint density at radius 1 is 1.19 bits per heavy atom. The predicted octanol–water partition coefficient (Wildman–Crippen LogP) is 3.14. The molecule has 0 aliphatic heterocycles. The molecule has 0 heterocycles. The Bertz CT molecular complexity index is 348. The van der Waals surface area contributed by atoms with E-state index in [0.29, 0.717) is 0 Å². The molecule has 0 bridgehead atoms. The van der Waals surface area contributed by atoms with E-state index in [1.807, 2.05) is 7.05 Å². The van der Waals surface area contributed by atoms with Gasteiger partial charge >= 0.3 is 0 Å². The molecule has 0 aliphatic rings. The molecule has 0 aliphatic carbocycles. The molecule has 0 atom stereocenters. The highest BCUT2D eigenvalue weighted by Gasteiger charge is 2.18. The van der Waals surface area contributed by atoms with E-state index in [4.69, 9.17) is 0 Å². The molecule has 1 N–H and O–H groups in total. The fourth-order valence-electron chi connectivity index (χ4n) is 1.75. The van der Waals surface area contributed by atoms with E-state index in [1.54, 1.807) is 6.07 Å². The molecule has 0 amide bonds. The zero-order chi connectivity index (χ0) is 12.2. The first kappa shape index (κ1) is 13.1. The first-order valence-electron chi connectivity index (χ1n) is 5.53. The molecule has 1 aromatic rings. The van der Waals surface area contributed by atoms with E-state index in [0.717, 1.165) is 24.9 Å². The highest BCUT2D eigenvalue weighted by molar-refractivity contribution is 5.19. The molecular weight excluding hydrogens is 208 g/mol. The number of rotatable bonds is 5. The number of halogens is 2. The van der Waals surface area contributed by atoms with Gasteiger partial charge in [0.25, 0.3) is 0 Å². The van der Waals surface area contributed by atoms with Crippen LogP contribution in [0.2, 0.25) is 0 Å². The van der Waals surface area contributed by atoms with Gasteiger partial charge in [-0.3, -0.25) is 0 Å². The third-order valence-electron chi connectivity index (χ3n) is 2.72. The molecule has 0 spiro atoms. The maximum absolute atomic E-state index is 13.0. The minimum atomic E-state index is -0.781. The highest BCUT2D eigenvalue weighted by Crippen LogP contribution is 2.26. The minimum absolute atomic E-state index is 0.0906. The lowest BCUT2D eigenvalue weighted by molar-refractivity contribution is 0.329. The van der Waals surface area contributed by atoms with Gasteiger partial charge in [0.15, 0.2) is 11.6 Å². The maximum Gasteiger partial charge on any atom is 0.159 e. The summed E-state index contributed by atoms with van der Waals surface area (Å²) in [4.78, 5) is 0. The number of nitrogens with one attached hydrogen (secondary N) is 1. The maximum atomic E-state index is 13.0. The van der Waals surface area contributed by atoms with Gasteiger partial charge in [-0.25, -0.2) is 8.78 Å². The molecule has 1 rings (SSSR count). The molecule has 0 saturated heterocycles. The van der Waals surface area contributed by atoms with Crippen LogP contribution in [-0.4, -0.2) is 13.6 Å². The van der Waals surface area contributed by atoms with Crippen molar-refractivity contribution < 1.29 is 8.78 Å². The van der Waals surface area contributed by atoms with Crippen molar-refractivity contribution in [1.82, 2.24) is 5.32 Å². The Kier molecular flexibility index (Phi) is 4.42. The van der Waals surface area contributed by atoms with Gasteiger partial charge in [0.05, 0.1) is 0 Å². The Balaban J connectivity index is 2.68. The molecule has 90 valence electrons. The second-order valence-corrected chi connectivity index (χ2v) is 4.94. The average molecular weight is 227 g/mol. The van der Waals surface area contributed by atoms with Gasteiger partial charge in [-0.15, -0.1) is 0 Å². The van der Waals surface area contributed by atoms with Crippen LogP contribution < -0.4 is 5.32 Å². The lowest BCUT2D eigenvalue weighted by Gasteiger charge is -2.24. The predicted molar refractivity (Wildman–Crippen MR) is 62.4 cm³/mol. The zero-order valence-electron chi connectivity index (χ0n) is 10.1. The van der Waals surface area contributed by atoms with Crippen LogP contribution in [0.3, 0.4) is 0 Å². The van der Waals surface area contributed by atoms with Gasteiger partial charge in [-0.1, -0.05) is 19.9 Å². The van der Waals surface area contributed by atoms with Crippen molar-refractivity contribution >= 4 is 0 Å². The summed E-state index contributed by atoms with van der Waals surface area (Å²) in [6.45, 7) is 5.19. The summed E-state index contributed by atoms with van der Waals surface area (Å²) in [5, 5.41) is 3.10. The smallest absolute Gasteiger partial charge is 0.159 e. The first-order valence-corrected chi connectivity index (χ1v) is 5.53. The lowest BCUT2D eigenvalue weighted by Crippen LogP contribution is -2.21. The standard InChI is InChI=1S/C13H19F2N/c1-13(2,6-7-16-3)9-10-4-5-11(14)12(15)8-10/h4-5,8,16H,6-7,9H2,1-3H3. The second-order valence-electron chi connectivity index (χ2n) is 4.94. The van der Waals surface area contributed by atoms with E-state index in [2.05, 4.69) is 19.2 Å². The Hall–Kier alpha value is -0.960. The first-order chi connectivity index (χ1) is 7.44. The van der Waals surface area contributed by atoms with Crippen molar-refractivity contribution in [3.05, 3.63) is 35.4 Å².